The van der Waals surface area contributed by atoms with Crippen LogP contribution in [0.4, 0.5) is 0 Å². The summed E-state index contributed by atoms with van der Waals surface area (Å²) in [6, 6.07) is 0. The molecule has 0 bridgehead atoms. The molecule has 0 atom stereocenters. The normalized spacial score (nSPS) is 8.93. The van der Waals surface area contributed by atoms with Crippen LogP contribution < -0.4 is 17.0 Å². The first-order valence-corrected chi connectivity index (χ1v) is 4.90. The fraction of sp³-hybridized carbons (Fsp3) is 0.250. The molecule has 0 saturated heterocycles. The van der Waals surface area contributed by atoms with Crippen LogP contribution in [-0.4, -0.2) is 33.3 Å². The molecule has 7 heteroatoms. The van der Waals surface area contributed by atoms with Crippen LogP contribution in [0.15, 0.2) is 25.3 Å². The lowest BCUT2D eigenvalue weighted by molar-refractivity contribution is 0.464. The molecule has 0 aliphatic rings. The van der Waals surface area contributed by atoms with Crippen molar-refractivity contribution in [3.63, 3.8) is 0 Å². The zero-order valence-corrected chi connectivity index (χ0v) is 9.93. The van der Waals surface area contributed by atoms with Crippen LogP contribution in [0.3, 0.4) is 0 Å². The quantitative estimate of drug-likeness (QED) is 0.311. The molecule has 0 rings (SSSR count). The van der Waals surface area contributed by atoms with E-state index in [0.29, 0.717) is 13.1 Å². The van der Waals surface area contributed by atoms with Crippen molar-refractivity contribution in [2.75, 3.05) is 13.1 Å². The minimum atomic E-state index is 0.166. The highest BCUT2D eigenvalue weighted by Gasteiger charge is 2.10. The number of nitrogens with zero attached hydrogens (tertiary/aromatic N) is 3. The van der Waals surface area contributed by atoms with Gasteiger partial charge in [0.05, 0.1) is 13.1 Å². The van der Waals surface area contributed by atoms with Gasteiger partial charge in [0.15, 0.2) is 0 Å². The van der Waals surface area contributed by atoms with Gasteiger partial charge in [-0.3, -0.25) is 10.0 Å². The summed E-state index contributed by atoms with van der Waals surface area (Å²) in [5, 5.41) is 6.71. The Hall–Kier alpha value is -1.02. The fourth-order valence-electron chi connectivity index (χ4n) is 0.645. The third-order valence-electron chi connectivity index (χ3n) is 1.33. The second-order valence-electron chi connectivity index (χ2n) is 2.56. The number of hydrazine groups is 2. The van der Waals surface area contributed by atoms with Crippen molar-refractivity contribution >= 4 is 34.7 Å². The van der Waals surface area contributed by atoms with Crippen molar-refractivity contribution in [2.24, 2.45) is 11.7 Å². The van der Waals surface area contributed by atoms with Gasteiger partial charge in [0.1, 0.15) is 0 Å². The molecule has 0 aliphatic heterocycles. The highest BCUT2D eigenvalue weighted by Crippen LogP contribution is 1.88. The number of hydrogen-bond donors (Lipinski definition) is 2. The molecular weight excluding hydrogens is 230 g/mol. The monoisotopic (exact) mass is 244 g/mol. The standard InChI is InChI=1S/C8H14N5S2/c1-3-5-12(9)7(14)11-8(15)13(10)6-4-2/h3-4H,1-2,5-6,9-10H2. The Kier molecular flexibility index (Phi) is 6.80. The number of hydrogen-bond acceptors (Lipinski definition) is 4. The average molecular weight is 244 g/mol. The van der Waals surface area contributed by atoms with Crippen molar-refractivity contribution in [1.82, 2.24) is 15.3 Å². The van der Waals surface area contributed by atoms with Crippen molar-refractivity contribution < 1.29 is 0 Å². The average Bonchev–Trinajstić information content (AvgIpc) is 2.18. The maximum Gasteiger partial charge on any atom is 0.212 e. The van der Waals surface area contributed by atoms with Crippen LogP contribution in [0.5, 0.6) is 0 Å². The minimum Gasteiger partial charge on any atom is -0.282 e. The van der Waals surface area contributed by atoms with E-state index < -0.39 is 0 Å². The molecule has 0 aliphatic carbocycles. The molecule has 5 nitrogen and oxygen atoms in total. The summed E-state index contributed by atoms with van der Waals surface area (Å²) in [5.74, 6) is 11.1. The van der Waals surface area contributed by atoms with Gasteiger partial charge in [0.25, 0.3) is 0 Å². The molecule has 0 amide bonds. The third-order valence-corrected chi connectivity index (χ3v) is 1.99. The lowest BCUT2D eigenvalue weighted by Crippen LogP contribution is -2.48. The van der Waals surface area contributed by atoms with Crippen LogP contribution in [0.1, 0.15) is 0 Å². The Morgan fingerprint density at radius 3 is 1.67 bits per heavy atom. The predicted molar refractivity (Wildman–Crippen MR) is 69.5 cm³/mol. The van der Waals surface area contributed by atoms with E-state index in [4.69, 9.17) is 36.1 Å². The van der Waals surface area contributed by atoms with Crippen LogP contribution in [0.2, 0.25) is 0 Å². The van der Waals surface area contributed by atoms with E-state index in [2.05, 4.69) is 18.5 Å². The number of nitrogens with two attached hydrogens (primary N) is 2. The summed E-state index contributed by atoms with van der Waals surface area (Å²) in [4.78, 5) is 0. The van der Waals surface area contributed by atoms with E-state index in [1.165, 1.54) is 10.0 Å². The molecule has 83 valence electrons. The molecular formula is C8H14N5S2. The van der Waals surface area contributed by atoms with Crippen LogP contribution in [0.25, 0.3) is 0 Å². The Labute approximate surface area is 100 Å². The number of rotatable bonds is 4. The molecule has 0 saturated carbocycles. The lowest BCUT2D eigenvalue weighted by Gasteiger charge is -2.20. The van der Waals surface area contributed by atoms with Gasteiger partial charge in [-0.25, -0.2) is 11.7 Å². The van der Waals surface area contributed by atoms with Crippen molar-refractivity contribution in [1.29, 1.82) is 0 Å². The van der Waals surface area contributed by atoms with E-state index in [1.807, 2.05) is 0 Å². The first-order chi connectivity index (χ1) is 7.02. The largest absolute Gasteiger partial charge is 0.282 e. The second-order valence-corrected chi connectivity index (χ2v) is 3.29. The molecule has 0 aromatic rings. The summed E-state index contributed by atoms with van der Waals surface area (Å²) in [6.45, 7) is 7.84. The van der Waals surface area contributed by atoms with Gasteiger partial charge in [-0.15, -0.1) is 13.2 Å². The molecule has 0 unspecified atom stereocenters. The Morgan fingerprint density at radius 1 is 1.07 bits per heavy atom. The van der Waals surface area contributed by atoms with E-state index in [0.717, 1.165) is 0 Å². The molecule has 0 aromatic carbocycles. The van der Waals surface area contributed by atoms with Gasteiger partial charge >= 0.3 is 0 Å². The predicted octanol–water partition coefficient (Wildman–Crippen LogP) is -0.116. The topological polar surface area (TPSA) is 72.6 Å². The Morgan fingerprint density at radius 2 is 1.40 bits per heavy atom. The summed E-state index contributed by atoms with van der Waals surface area (Å²) >= 11 is 9.83. The minimum absolute atomic E-state index is 0.166. The molecule has 1 radical (unpaired) electrons. The number of thiocarbonyl (C=S) groups is 2. The van der Waals surface area contributed by atoms with E-state index >= 15 is 0 Å². The second kappa shape index (κ2) is 7.30. The van der Waals surface area contributed by atoms with Gasteiger partial charge in [-0.1, -0.05) is 12.2 Å². The van der Waals surface area contributed by atoms with Gasteiger partial charge < -0.3 is 0 Å². The summed E-state index contributed by atoms with van der Waals surface area (Å²) < 4.78 is 0. The molecule has 0 fully saturated rings. The molecule has 4 N–H and O–H groups in total. The molecule has 0 heterocycles. The van der Waals surface area contributed by atoms with E-state index in [1.54, 1.807) is 12.2 Å². The summed E-state index contributed by atoms with van der Waals surface area (Å²) in [7, 11) is 0. The smallest absolute Gasteiger partial charge is 0.212 e. The van der Waals surface area contributed by atoms with Gasteiger partial charge in [-0.05, 0) is 24.4 Å². The molecule has 0 spiro atoms. The van der Waals surface area contributed by atoms with Gasteiger partial charge in [-0.2, -0.15) is 5.32 Å². The highest BCUT2D eigenvalue weighted by atomic mass is 32.1. The first-order valence-electron chi connectivity index (χ1n) is 4.08. The van der Waals surface area contributed by atoms with Crippen LogP contribution >= 0.6 is 24.4 Å². The van der Waals surface area contributed by atoms with Gasteiger partial charge in [0, 0.05) is 0 Å². The SMILES string of the molecule is C=CCN(N)C(=S)[N]C(=S)N(N)CC=C. The summed E-state index contributed by atoms with van der Waals surface area (Å²) in [5.41, 5.74) is 0. The van der Waals surface area contributed by atoms with Crippen molar-refractivity contribution in [3.8, 4) is 0 Å². The molecule has 15 heavy (non-hydrogen) atoms. The fourth-order valence-corrected chi connectivity index (χ4v) is 1.02. The zero-order chi connectivity index (χ0) is 11.8. The van der Waals surface area contributed by atoms with E-state index in [-0.39, 0.29) is 10.2 Å². The van der Waals surface area contributed by atoms with E-state index in [9.17, 15) is 0 Å². The maximum atomic E-state index is 5.54. The Bertz CT molecular complexity index is 240. The van der Waals surface area contributed by atoms with Crippen molar-refractivity contribution in [2.45, 2.75) is 0 Å². The van der Waals surface area contributed by atoms with Crippen LogP contribution in [0, 0.1) is 0 Å². The van der Waals surface area contributed by atoms with Gasteiger partial charge in [0.2, 0.25) is 10.2 Å². The highest BCUT2D eigenvalue weighted by molar-refractivity contribution is 7.81. The zero-order valence-electron chi connectivity index (χ0n) is 8.30. The first kappa shape index (κ1) is 14.0. The van der Waals surface area contributed by atoms with Crippen LogP contribution in [-0.2, 0) is 0 Å². The maximum absolute atomic E-state index is 5.54. The lowest BCUT2D eigenvalue weighted by atomic mass is 10.6. The Balaban J connectivity index is 4.10. The molecule has 0 aromatic heterocycles. The van der Waals surface area contributed by atoms with Crippen molar-refractivity contribution in [3.05, 3.63) is 25.3 Å². The third kappa shape index (κ3) is 5.43. The summed E-state index contributed by atoms with van der Waals surface area (Å²) in [6.07, 6.45) is 3.21.